The van der Waals surface area contributed by atoms with Gasteiger partial charge in [-0.3, -0.25) is 23.7 Å². The third-order valence-corrected chi connectivity index (χ3v) is 12.0. The van der Waals surface area contributed by atoms with Crippen molar-refractivity contribution in [3.05, 3.63) is 135 Å². The first-order chi connectivity index (χ1) is 30.5. The van der Waals surface area contributed by atoms with Crippen molar-refractivity contribution < 1.29 is 36.6 Å². The van der Waals surface area contributed by atoms with Crippen LogP contribution in [0.3, 0.4) is 0 Å². The van der Waals surface area contributed by atoms with Crippen LogP contribution in [0.2, 0.25) is 0 Å². The van der Waals surface area contributed by atoms with Gasteiger partial charge in [-0.15, -0.1) is 0 Å². The number of benzene rings is 2. The number of aromatic nitrogens is 6. The molecule has 1 unspecified atom stereocenters. The minimum absolute atomic E-state index is 0.00496. The SMILES string of the molecule is Cn1c(=O)n(-c2ccc(C[C@H](NC(=O)c3cc(F)c(N(c4ccc(-c5cnc(C6CCOCC6)nc5)cc4)S(=O)O)cc3F)C(=O)OC3CCCCC3)cn2)c(=O)c2ccncc21. The van der Waals surface area contributed by atoms with Crippen molar-refractivity contribution >= 4 is 45.4 Å². The Bertz CT molecular complexity index is 2790. The fourth-order valence-corrected chi connectivity index (χ4v) is 8.49. The highest BCUT2D eigenvalue weighted by Crippen LogP contribution is 2.33. The predicted molar refractivity (Wildman–Crippen MR) is 228 cm³/mol. The molecule has 6 aromatic rings. The molecule has 1 saturated carbocycles. The standard InChI is InChI=1S/C44H42F2N8O8S/c1-52-38-25-47-16-13-32(38)42(56)53(44(52)58)39-12-7-26(22-48-39)19-36(43(57)62-31-5-3-2-4-6-31)51-41(55)33-20-35(46)37(21-34(33)45)54(63(59)60)30-10-8-27(9-11-30)29-23-49-40(50-24-29)28-14-17-61-18-15-28/h7-13,16,20-25,28,31,36H,2-6,14-15,17-19H2,1H3,(H,51,55)(H,59,60)/t36-/m0/s1. The number of halogens is 2. The maximum atomic E-state index is 15.9. The molecule has 0 spiro atoms. The Balaban J connectivity index is 1.02. The highest BCUT2D eigenvalue weighted by molar-refractivity contribution is 7.81. The summed E-state index contributed by atoms with van der Waals surface area (Å²) >= 11 is -2.88. The lowest BCUT2D eigenvalue weighted by Crippen LogP contribution is -2.45. The van der Waals surface area contributed by atoms with Gasteiger partial charge in [0, 0.05) is 69.0 Å². The molecule has 1 aliphatic heterocycles. The summed E-state index contributed by atoms with van der Waals surface area (Å²) in [5, 5.41) is 2.72. The van der Waals surface area contributed by atoms with Gasteiger partial charge < -0.3 is 14.8 Å². The topological polar surface area (TPSA) is 201 Å². The van der Waals surface area contributed by atoms with Crippen LogP contribution in [0.4, 0.5) is 20.2 Å². The van der Waals surface area contributed by atoms with Crippen LogP contribution in [0, 0.1) is 11.6 Å². The molecule has 2 aromatic carbocycles. The van der Waals surface area contributed by atoms with E-state index in [2.05, 4.69) is 25.3 Å². The summed E-state index contributed by atoms with van der Waals surface area (Å²) in [5.41, 5.74) is -0.550. The van der Waals surface area contributed by atoms with Crippen molar-refractivity contribution in [3.63, 3.8) is 0 Å². The summed E-state index contributed by atoms with van der Waals surface area (Å²) in [6.07, 6.45) is 12.5. The Kier molecular flexibility index (Phi) is 12.9. The van der Waals surface area contributed by atoms with E-state index in [9.17, 15) is 27.9 Å². The van der Waals surface area contributed by atoms with E-state index in [-0.39, 0.29) is 29.2 Å². The van der Waals surface area contributed by atoms with Gasteiger partial charge in [-0.2, -0.15) is 0 Å². The number of esters is 1. The van der Waals surface area contributed by atoms with Crippen LogP contribution in [0.1, 0.15) is 72.6 Å². The summed E-state index contributed by atoms with van der Waals surface area (Å²) in [7, 11) is 1.50. The van der Waals surface area contributed by atoms with E-state index in [0.29, 0.717) is 64.7 Å². The highest BCUT2D eigenvalue weighted by Gasteiger charge is 2.30. The molecule has 0 bridgehead atoms. The van der Waals surface area contributed by atoms with E-state index >= 15 is 8.78 Å². The minimum atomic E-state index is -2.88. The van der Waals surface area contributed by atoms with Crippen LogP contribution in [-0.4, -0.2) is 75.1 Å². The summed E-state index contributed by atoms with van der Waals surface area (Å²) < 4.78 is 68.7. The van der Waals surface area contributed by atoms with Gasteiger partial charge >= 0.3 is 11.7 Å². The van der Waals surface area contributed by atoms with Gasteiger partial charge in [-0.1, -0.05) is 24.6 Å². The van der Waals surface area contributed by atoms with Crippen LogP contribution >= 0.6 is 0 Å². The lowest BCUT2D eigenvalue weighted by molar-refractivity contribution is -0.152. The maximum Gasteiger partial charge on any atom is 0.337 e. The smallest absolute Gasteiger partial charge is 0.337 e. The number of pyridine rings is 2. The third kappa shape index (κ3) is 9.30. The molecule has 5 heterocycles. The Hall–Kier alpha value is -6.57. The van der Waals surface area contributed by atoms with Crippen molar-refractivity contribution in [2.24, 2.45) is 7.05 Å². The zero-order valence-electron chi connectivity index (χ0n) is 34.0. The number of nitrogens with one attached hydrogen (secondary N) is 1. The number of rotatable bonds is 12. The average molecular weight is 881 g/mol. The summed E-state index contributed by atoms with van der Waals surface area (Å²) in [4.78, 5) is 71.1. The van der Waals surface area contributed by atoms with Gasteiger partial charge in [0.25, 0.3) is 22.7 Å². The second kappa shape index (κ2) is 18.8. The quantitative estimate of drug-likeness (QED) is 0.114. The van der Waals surface area contributed by atoms with E-state index in [1.54, 1.807) is 24.5 Å². The minimum Gasteiger partial charge on any atom is -0.461 e. The number of anilines is 2. The lowest BCUT2D eigenvalue weighted by atomic mass is 9.97. The molecule has 1 aliphatic carbocycles. The molecule has 4 aromatic heterocycles. The fraction of sp³-hybridized carbons (Fsp3) is 0.318. The van der Waals surface area contributed by atoms with Gasteiger partial charge in [0.2, 0.25) is 0 Å². The van der Waals surface area contributed by atoms with Crippen molar-refractivity contribution in [3.8, 4) is 16.9 Å². The zero-order chi connectivity index (χ0) is 44.2. The van der Waals surface area contributed by atoms with Gasteiger partial charge in [-0.25, -0.2) is 46.4 Å². The molecule has 2 fully saturated rings. The molecule has 1 saturated heterocycles. The maximum absolute atomic E-state index is 15.9. The summed E-state index contributed by atoms with van der Waals surface area (Å²) in [5.74, 6) is -3.46. The van der Waals surface area contributed by atoms with Gasteiger partial charge in [0.15, 0.2) is 0 Å². The Morgan fingerprint density at radius 2 is 1.65 bits per heavy atom. The monoisotopic (exact) mass is 880 g/mol. The van der Waals surface area contributed by atoms with Crippen LogP contribution in [-0.2, 0) is 39.0 Å². The first-order valence-electron chi connectivity index (χ1n) is 20.4. The van der Waals surface area contributed by atoms with E-state index in [0.717, 1.165) is 42.5 Å². The number of hydrogen-bond acceptors (Lipinski definition) is 11. The molecule has 326 valence electrons. The van der Waals surface area contributed by atoms with Gasteiger partial charge in [0.1, 0.15) is 35.4 Å². The van der Waals surface area contributed by atoms with Crippen molar-refractivity contribution in [1.29, 1.82) is 0 Å². The van der Waals surface area contributed by atoms with Crippen LogP contribution in [0.25, 0.3) is 27.8 Å². The second-order valence-corrected chi connectivity index (χ2v) is 16.2. The second-order valence-electron chi connectivity index (χ2n) is 15.4. The first-order valence-corrected chi connectivity index (χ1v) is 21.5. The molecule has 2 N–H and O–H groups in total. The van der Waals surface area contributed by atoms with Crippen molar-refractivity contribution in [2.75, 3.05) is 17.5 Å². The van der Waals surface area contributed by atoms with E-state index in [4.69, 9.17) is 9.47 Å². The lowest BCUT2D eigenvalue weighted by Gasteiger charge is -2.25. The van der Waals surface area contributed by atoms with E-state index in [1.807, 2.05) is 0 Å². The number of nitrogens with zero attached hydrogens (tertiary/aromatic N) is 7. The molecule has 2 aliphatic rings. The molecule has 16 nitrogen and oxygen atoms in total. The van der Waals surface area contributed by atoms with Crippen LogP contribution in [0.5, 0.6) is 0 Å². The fourth-order valence-electron chi connectivity index (χ4n) is 7.88. The molecule has 2 atom stereocenters. The zero-order valence-corrected chi connectivity index (χ0v) is 34.8. The molecule has 19 heteroatoms. The Morgan fingerprint density at radius 3 is 2.33 bits per heavy atom. The number of ether oxygens (including phenoxy) is 2. The average Bonchev–Trinajstić information content (AvgIpc) is 3.30. The number of fused-ring (bicyclic) bond motifs is 1. The van der Waals surface area contributed by atoms with Crippen LogP contribution in [0.15, 0.2) is 95.2 Å². The van der Waals surface area contributed by atoms with E-state index in [1.165, 1.54) is 60.5 Å². The van der Waals surface area contributed by atoms with Gasteiger partial charge in [-0.05, 0) is 80.0 Å². The van der Waals surface area contributed by atoms with E-state index < -0.39 is 69.4 Å². The van der Waals surface area contributed by atoms with Crippen molar-refractivity contribution in [1.82, 2.24) is 34.4 Å². The third-order valence-electron chi connectivity index (χ3n) is 11.3. The first kappa shape index (κ1) is 43.1. The number of aryl methyl sites for hydroxylation is 1. The van der Waals surface area contributed by atoms with Crippen molar-refractivity contribution in [2.45, 2.75) is 69.4 Å². The Labute approximate surface area is 361 Å². The molecule has 1 amide bonds. The number of carbonyl (C=O) groups excluding carboxylic acids is 2. The summed E-state index contributed by atoms with van der Waals surface area (Å²) in [6, 6.07) is 10.4. The predicted octanol–water partition coefficient (Wildman–Crippen LogP) is 5.60. The molecule has 8 rings (SSSR count). The Morgan fingerprint density at radius 1 is 0.921 bits per heavy atom. The molecule has 63 heavy (non-hydrogen) atoms. The number of hydrogen-bond donors (Lipinski definition) is 2. The molecular weight excluding hydrogens is 839 g/mol. The molecular formula is C44H42F2N8O8S. The normalized spacial score (nSPS) is 15.7. The number of amides is 1. The number of carbonyl (C=O) groups is 2. The highest BCUT2D eigenvalue weighted by atomic mass is 32.2. The largest absolute Gasteiger partial charge is 0.461 e. The summed E-state index contributed by atoms with van der Waals surface area (Å²) in [6.45, 7) is 1.30. The van der Waals surface area contributed by atoms with Crippen LogP contribution < -0.4 is 20.9 Å². The van der Waals surface area contributed by atoms with Gasteiger partial charge in [0.05, 0.1) is 34.0 Å². The molecule has 0 radical (unpaired) electrons.